The van der Waals surface area contributed by atoms with E-state index in [4.69, 9.17) is 0 Å². The van der Waals surface area contributed by atoms with Crippen LogP contribution in [-0.4, -0.2) is 28.5 Å². The lowest BCUT2D eigenvalue weighted by Crippen LogP contribution is -2.18. The van der Waals surface area contributed by atoms with Gasteiger partial charge in [0.2, 0.25) is 0 Å². The van der Waals surface area contributed by atoms with E-state index >= 15 is 0 Å². The van der Waals surface area contributed by atoms with Crippen LogP contribution in [0, 0.1) is 0 Å². The van der Waals surface area contributed by atoms with Crippen LogP contribution in [0.2, 0.25) is 0 Å². The largest absolute Gasteiger partial charge is 0.355 e. The SMILES string of the molecule is CNC(=O)c1cccc(NC(=O)c2cc3ccccn3n2)c1. The number of anilines is 1. The van der Waals surface area contributed by atoms with Gasteiger partial charge in [-0.25, -0.2) is 4.52 Å². The molecule has 6 heteroatoms. The molecule has 0 aliphatic rings. The predicted octanol–water partition coefficient (Wildman–Crippen LogP) is 1.95. The number of carbonyl (C=O) groups is 2. The van der Waals surface area contributed by atoms with Crippen molar-refractivity contribution in [2.24, 2.45) is 0 Å². The van der Waals surface area contributed by atoms with Crippen LogP contribution >= 0.6 is 0 Å². The summed E-state index contributed by atoms with van der Waals surface area (Å²) < 4.78 is 1.63. The molecular formula is C16H14N4O2. The smallest absolute Gasteiger partial charge is 0.276 e. The van der Waals surface area contributed by atoms with Crippen LogP contribution in [0.4, 0.5) is 5.69 Å². The first-order valence-electron chi connectivity index (χ1n) is 6.75. The maximum Gasteiger partial charge on any atom is 0.276 e. The molecule has 0 radical (unpaired) electrons. The highest BCUT2D eigenvalue weighted by atomic mass is 16.2. The number of nitrogens with zero attached hydrogens (tertiary/aromatic N) is 2. The summed E-state index contributed by atoms with van der Waals surface area (Å²) in [7, 11) is 1.56. The number of benzene rings is 1. The fraction of sp³-hybridized carbons (Fsp3) is 0.0625. The molecule has 2 heterocycles. The number of aromatic nitrogens is 2. The molecule has 3 rings (SSSR count). The van der Waals surface area contributed by atoms with Gasteiger partial charge in [0.15, 0.2) is 5.69 Å². The Labute approximate surface area is 126 Å². The molecule has 2 aromatic heterocycles. The normalized spacial score (nSPS) is 10.4. The summed E-state index contributed by atoms with van der Waals surface area (Å²) in [4.78, 5) is 23.8. The fourth-order valence-corrected chi connectivity index (χ4v) is 2.13. The van der Waals surface area contributed by atoms with Gasteiger partial charge in [-0.05, 0) is 36.4 Å². The van der Waals surface area contributed by atoms with Crippen LogP contribution in [0.5, 0.6) is 0 Å². The van der Waals surface area contributed by atoms with Gasteiger partial charge >= 0.3 is 0 Å². The van der Waals surface area contributed by atoms with E-state index in [2.05, 4.69) is 15.7 Å². The van der Waals surface area contributed by atoms with Crippen LogP contribution < -0.4 is 10.6 Å². The van der Waals surface area contributed by atoms with Gasteiger partial charge in [0, 0.05) is 24.5 Å². The van der Waals surface area contributed by atoms with Crippen molar-refractivity contribution in [1.29, 1.82) is 0 Å². The van der Waals surface area contributed by atoms with Crippen molar-refractivity contribution in [3.63, 3.8) is 0 Å². The summed E-state index contributed by atoms with van der Waals surface area (Å²) in [5.41, 5.74) is 2.18. The fourth-order valence-electron chi connectivity index (χ4n) is 2.13. The molecule has 0 bridgehead atoms. The van der Waals surface area contributed by atoms with Gasteiger partial charge in [0.1, 0.15) is 0 Å². The van der Waals surface area contributed by atoms with Gasteiger partial charge in [0.05, 0.1) is 5.52 Å². The second-order valence-electron chi connectivity index (χ2n) is 4.71. The number of hydrogen-bond acceptors (Lipinski definition) is 3. The van der Waals surface area contributed by atoms with Crippen LogP contribution in [0.1, 0.15) is 20.8 Å². The van der Waals surface area contributed by atoms with E-state index in [1.807, 2.05) is 18.2 Å². The van der Waals surface area contributed by atoms with E-state index in [0.717, 1.165) is 5.52 Å². The number of rotatable bonds is 3. The quantitative estimate of drug-likeness (QED) is 0.775. The molecule has 0 aliphatic heterocycles. The van der Waals surface area contributed by atoms with Crippen LogP contribution in [0.15, 0.2) is 54.7 Å². The van der Waals surface area contributed by atoms with E-state index in [0.29, 0.717) is 16.9 Å². The van der Waals surface area contributed by atoms with E-state index in [1.54, 1.807) is 48.1 Å². The Kier molecular flexibility index (Phi) is 3.57. The Morgan fingerprint density at radius 1 is 1.05 bits per heavy atom. The zero-order valence-electron chi connectivity index (χ0n) is 11.9. The summed E-state index contributed by atoms with van der Waals surface area (Å²) in [6.07, 6.45) is 1.78. The lowest BCUT2D eigenvalue weighted by Gasteiger charge is -2.05. The molecule has 0 spiro atoms. The minimum Gasteiger partial charge on any atom is -0.355 e. The van der Waals surface area contributed by atoms with Gasteiger partial charge in [-0.3, -0.25) is 9.59 Å². The first-order chi connectivity index (χ1) is 10.7. The Morgan fingerprint density at radius 3 is 2.68 bits per heavy atom. The van der Waals surface area contributed by atoms with Crippen molar-refractivity contribution in [2.45, 2.75) is 0 Å². The Morgan fingerprint density at radius 2 is 1.91 bits per heavy atom. The highest BCUT2D eigenvalue weighted by Crippen LogP contribution is 2.13. The van der Waals surface area contributed by atoms with Gasteiger partial charge < -0.3 is 10.6 Å². The summed E-state index contributed by atoms with van der Waals surface area (Å²) in [6.45, 7) is 0. The topological polar surface area (TPSA) is 75.5 Å². The second kappa shape index (κ2) is 5.69. The van der Waals surface area contributed by atoms with Crippen LogP contribution in [0.3, 0.4) is 0 Å². The Bertz CT molecular complexity index is 821. The van der Waals surface area contributed by atoms with Gasteiger partial charge in [-0.15, -0.1) is 0 Å². The number of nitrogens with one attached hydrogen (secondary N) is 2. The number of pyridine rings is 1. The highest BCUT2D eigenvalue weighted by Gasteiger charge is 2.12. The molecule has 6 nitrogen and oxygen atoms in total. The van der Waals surface area contributed by atoms with Crippen LogP contribution in [-0.2, 0) is 0 Å². The van der Waals surface area contributed by atoms with Crippen molar-refractivity contribution in [2.75, 3.05) is 12.4 Å². The van der Waals surface area contributed by atoms with E-state index in [9.17, 15) is 9.59 Å². The van der Waals surface area contributed by atoms with E-state index < -0.39 is 0 Å². The first kappa shape index (κ1) is 13.8. The lowest BCUT2D eigenvalue weighted by molar-refractivity contribution is 0.0961. The van der Waals surface area contributed by atoms with Crippen molar-refractivity contribution in [3.8, 4) is 0 Å². The number of hydrogen-bond donors (Lipinski definition) is 2. The second-order valence-corrected chi connectivity index (χ2v) is 4.71. The molecule has 2 amide bonds. The molecule has 0 saturated heterocycles. The third-order valence-corrected chi connectivity index (χ3v) is 3.21. The van der Waals surface area contributed by atoms with E-state index in [1.165, 1.54) is 0 Å². The molecule has 0 unspecified atom stereocenters. The monoisotopic (exact) mass is 294 g/mol. The zero-order valence-corrected chi connectivity index (χ0v) is 11.9. The summed E-state index contributed by atoms with van der Waals surface area (Å²) in [5.74, 6) is -0.526. The van der Waals surface area contributed by atoms with Crippen molar-refractivity contribution >= 4 is 23.0 Å². The third-order valence-electron chi connectivity index (χ3n) is 3.21. The molecule has 2 N–H and O–H groups in total. The van der Waals surface area contributed by atoms with Crippen molar-refractivity contribution in [1.82, 2.24) is 14.9 Å². The van der Waals surface area contributed by atoms with Crippen molar-refractivity contribution < 1.29 is 9.59 Å². The maximum absolute atomic E-state index is 12.2. The standard InChI is InChI=1S/C16H14N4O2/c1-17-15(21)11-5-4-6-12(9-11)18-16(22)14-10-13-7-2-3-8-20(13)19-14/h2-10H,1H3,(H,17,21)(H,18,22). The molecule has 0 saturated carbocycles. The predicted molar refractivity (Wildman–Crippen MR) is 83.0 cm³/mol. The first-order valence-corrected chi connectivity index (χ1v) is 6.75. The third kappa shape index (κ3) is 2.67. The van der Waals surface area contributed by atoms with E-state index in [-0.39, 0.29) is 11.8 Å². The Hall–Kier alpha value is -3.15. The molecule has 0 fully saturated rings. The minimum atomic E-state index is -0.322. The molecule has 110 valence electrons. The molecule has 0 aliphatic carbocycles. The summed E-state index contributed by atoms with van der Waals surface area (Å²) in [6, 6.07) is 14.0. The van der Waals surface area contributed by atoms with Gasteiger partial charge in [-0.2, -0.15) is 5.10 Å². The molecule has 3 aromatic rings. The van der Waals surface area contributed by atoms with Gasteiger partial charge in [-0.1, -0.05) is 12.1 Å². The van der Waals surface area contributed by atoms with Crippen molar-refractivity contribution in [3.05, 3.63) is 66.0 Å². The average Bonchev–Trinajstić information content (AvgIpc) is 2.98. The maximum atomic E-state index is 12.2. The number of fused-ring (bicyclic) bond motifs is 1. The summed E-state index contributed by atoms with van der Waals surface area (Å²) in [5, 5.41) is 9.50. The molecular weight excluding hydrogens is 280 g/mol. The zero-order chi connectivity index (χ0) is 15.5. The lowest BCUT2D eigenvalue weighted by atomic mass is 10.2. The molecule has 22 heavy (non-hydrogen) atoms. The van der Waals surface area contributed by atoms with Gasteiger partial charge in [0.25, 0.3) is 11.8 Å². The Balaban J connectivity index is 1.83. The van der Waals surface area contributed by atoms with Crippen LogP contribution in [0.25, 0.3) is 5.52 Å². The number of amides is 2. The molecule has 1 aromatic carbocycles. The highest BCUT2D eigenvalue weighted by molar-refractivity contribution is 6.04. The number of carbonyl (C=O) groups excluding carboxylic acids is 2. The molecule has 0 atom stereocenters. The summed E-state index contributed by atoms with van der Waals surface area (Å²) >= 11 is 0. The average molecular weight is 294 g/mol. The minimum absolute atomic E-state index is 0.205.